The largest absolute Gasteiger partial charge is 0.497 e. The van der Waals surface area contributed by atoms with E-state index >= 15 is 0 Å². The van der Waals surface area contributed by atoms with Crippen LogP contribution in [-0.2, 0) is 4.79 Å². The predicted molar refractivity (Wildman–Crippen MR) is 80.0 cm³/mol. The lowest BCUT2D eigenvalue weighted by Gasteiger charge is -2.06. The zero-order valence-corrected chi connectivity index (χ0v) is 11.4. The van der Waals surface area contributed by atoms with E-state index < -0.39 is 12.1 Å². The Balaban J connectivity index is 1.94. The average molecular weight is 282 g/mol. The molecule has 0 aliphatic carbocycles. The van der Waals surface area contributed by atoms with Gasteiger partial charge in [-0.05, 0) is 28.5 Å². The minimum atomic E-state index is -0.619. The molecule has 5 nitrogen and oxygen atoms in total. The lowest BCUT2D eigenvalue weighted by atomic mass is 10.0. The van der Waals surface area contributed by atoms with E-state index in [-0.39, 0.29) is 5.91 Å². The van der Waals surface area contributed by atoms with E-state index in [0.717, 1.165) is 22.1 Å². The lowest BCUT2D eigenvalue weighted by Crippen LogP contribution is -2.26. The Morgan fingerprint density at radius 1 is 1.19 bits per heavy atom. The number of ether oxygens (including phenoxy) is 1. The molecule has 0 aromatic heterocycles. The second kappa shape index (κ2) is 5.28. The molecular formula is C16H14N2O3. The molecule has 1 heterocycles. The summed E-state index contributed by atoms with van der Waals surface area (Å²) in [6.45, 7) is 0. The van der Waals surface area contributed by atoms with Gasteiger partial charge < -0.3 is 10.1 Å². The van der Waals surface area contributed by atoms with Crippen LogP contribution in [0.15, 0.2) is 42.5 Å². The minimum Gasteiger partial charge on any atom is -0.497 e. The zero-order valence-electron chi connectivity index (χ0n) is 11.4. The van der Waals surface area contributed by atoms with Crippen molar-refractivity contribution in [3.63, 3.8) is 0 Å². The molecule has 2 N–H and O–H groups in total. The third-order valence-corrected chi connectivity index (χ3v) is 3.40. The lowest BCUT2D eigenvalue weighted by molar-refractivity contribution is -0.119. The van der Waals surface area contributed by atoms with E-state index in [1.165, 1.54) is 0 Å². The van der Waals surface area contributed by atoms with E-state index in [1.807, 2.05) is 42.5 Å². The predicted octanol–water partition coefficient (Wildman–Crippen LogP) is 2.07. The van der Waals surface area contributed by atoms with Gasteiger partial charge >= 0.3 is 6.03 Å². The highest BCUT2D eigenvalue weighted by atomic mass is 16.5. The molecule has 1 fully saturated rings. The maximum Gasteiger partial charge on any atom is 0.322 e. The number of fused-ring (bicyclic) bond motifs is 1. The van der Waals surface area contributed by atoms with Crippen molar-refractivity contribution >= 4 is 28.8 Å². The zero-order chi connectivity index (χ0) is 14.8. The van der Waals surface area contributed by atoms with Gasteiger partial charge in [-0.15, -0.1) is 0 Å². The number of carbonyl (C=O) groups is 2. The molecule has 1 aliphatic heterocycles. The average Bonchev–Trinajstić information content (AvgIpc) is 2.82. The molecule has 0 bridgehead atoms. The van der Waals surface area contributed by atoms with Gasteiger partial charge in [-0.2, -0.15) is 0 Å². The van der Waals surface area contributed by atoms with Gasteiger partial charge in [-0.3, -0.25) is 10.1 Å². The Kier molecular flexibility index (Phi) is 3.31. The number of carbonyl (C=O) groups excluding carboxylic acids is 2. The maximum atomic E-state index is 11.5. The van der Waals surface area contributed by atoms with Gasteiger partial charge in [0.2, 0.25) is 0 Å². The number of hydrogen-bond donors (Lipinski definition) is 2. The smallest absolute Gasteiger partial charge is 0.322 e. The summed E-state index contributed by atoms with van der Waals surface area (Å²) in [7, 11) is 1.63. The van der Waals surface area contributed by atoms with Gasteiger partial charge in [0.25, 0.3) is 5.91 Å². The first-order valence-corrected chi connectivity index (χ1v) is 6.54. The van der Waals surface area contributed by atoms with Crippen molar-refractivity contribution in [1.29, 1.82) is 0 Å². The van der Waals surface area contributed by atoms with E-state index in [9.17, 15) is 9.59 Å². The molecule has 0 saturated carbocycles. The summed E-state index contributed by atoms with van der Waals surface area (Å²) < 4.78 is 5.21. The topological polar surface area (TPSA) is 67.4 Å². The highest BCUT2D eigenvalue weighted by Crippen LogP contribution is 2.24. The number of benzene rings is 2. The first-order chi connectivity index (χ1) is 10.2. The molecule has 106 valence electrons. The number of imide groups is 1. The molecule has 2 aromatic rings. The molecule has 0 spiro atoms. The van der Waals surface area contributed by atoms with Crippen LogP contribution in [-0.4, -0.2) is 25.1 Å². The summed E-state index contributed by atoms with van der Waals surface area (Å²) >= 11 is 0. The molecule has 1 unspecified atom stereocenters. The molecule has 1 saturated heterocycles. The van der Waals surface area contributed by atoms with Crippen LogP contribution in [0.1, 0.15) is 5.56 Å². The minimum absolute atomic E-state index is 0.335. The summed E-state index contributed by atoms with van der Waals surface area (Å²) in [5.41, 5.74) is 0.976. The molecule has 5 heteroatoms. The highest BCUT2D eigenvalue weighted by Gasteiger charge is 2.26. The normalized spacial score (nSPS) is 18.0. The van der Waals surface area contributed by atoms with E-state index in [0.29, 0.717) is 0 Å². The number of rotatable bonds is 3. The van der Waals surface area contributed by atoms with Crippen molar-refractivity contribution in [1.82, 2.24) is 10.6 Å². The third kappa shape index (κ3) is 2.58. The summed E-state index contributed by atoms with van der Waals surface area (Å²) in [6.07, 6.45) is 3.52. The Hall–Kier alpha value is -2.82. The fourth-order valence-electron chi connectivity index (χ4n) is 2.33. The molecule has 3 amide bonds. The van der Waals surface area contributed by atoms with Crippen molar-refractivity contribution in [3.8, 4) is 5.75 Å². The summed E-state index contributed by atoms with van der Waals surface area (Å²) in [6, 6.07) is 10.6. The monoisotopic (exact) mass is 282 g/mol. The summed E-state index contributed by atoms with van der Waals surface area (Å²) in [5, 5.41) is 6.84. The Bertz CT molecular complexity index is 752. The van der Waals surface area contributed by atoms with E-state index in [2.05, 4.69) is 10.6 Å². The van der Waals surface area contributed by atoms with Crippen LogP contribution < -0.4 is 15.4 Å². The van der Waals surface area contributed by atoms with E-state index in [4.69, 9.17) is 4.74 Å². The Labute approximate surface area is 121 Å². The second-order valence-corrected chi connectivity index (χ2v) is 4.73. The van der Waals surface area contributed by atoms with Crippen molar-refractivity contribution in [2.24, 2.45) is 0 Å². The third-order valence-electron chi connectivity index (χ3n) is 3.40. The van der Waals surface area contributed by atoms with Crippen molar-refractivity contribution in [2.45, 2.75) is 6.04 Å². The molecule has 1 atom stereocenters. The number of hydrogen-bond acceptors (Lipinski definition) is 3. The van der Waals surface area contributed by atoms with Crippen LogP contribution in [0, 0.1) is 0 Å². The van der Waals surface area contributed by atoms with Crippen molar-refractivity contribution < 1.29 is 14.3 Å². The van der Waals surface area contributed by atoms with Crippen LogP contribution in [0.2, 0.25) is 0 Å². The number of methoxy groups -OCH3 is 1. The number of nitrogens with one attached hydrogen (secondary N) is 2. The van der Waals surface area contributed by atoms with Gasteiger partial charge in [0.1, 0.15) is 11.8 Å². The Morgan fingerprint density at radius 3 is 2.76 bits per heavy atom. The first-order valence-electron chi connectivity index (χ1n) is 6.54. The first kappa shape index (κ1) is 13.2. The van der Waals surface area contributed by atoms with Crippen molar-refractivity contribution in [2.75, 3.05) is 7.11 Å². The highest BCUT2D eigenvalue weighted by molar-refractivity contribution is 6.05. The van der Waals surface area contributed by atoms with Crippen LogP contribution in [0.25, 0.3) is 16.8 Å². The molecular weight excluding hydrogens is 268 g/mol. The van der Waals surface area contributed by atoms with Gasteiger partial charge in [-0.1, -0.05) is 36.4 Å². The van der Waals surface area contributed by atoms with Crippen LogP contribution >= 0.6 is 0 Å². The molecule has 1 aliphatic rings. The molecule has 0 radical (unpaired) electrons. The molecule has 21 heavy (non-hydrogen) atoms. The van der Waals surface area contributed by atoms with Gasteiger partial charge in [0.15, 0.2) is 0 Å². The van der Waals surface area contributed by atoms with Gasteiger partial charge in [-0.25, -0.2) is 4.79 Å². The quantitative estimate of drug-likeness (QED) is 0.847. The van der Waals surface area contributed by atoms with Crippen LogP contribution in [0.4, 0.5) is 4.79 Å². The van der Waals surface area contributed by atoms with Crippen LogP contribution in [0.3, 0.4) is 0 Å². The van der Waals surface area contributed by atoms with E-state index in [1.54, 1.807) is 13.2 Å². The second-order valence-electron chi connectivity index (χ2n) is 4.73. The van der Waals surface area contributed by atoms with Gasteiger partial charge in [0.05, 0.1) is 7.11 Å². The SMILES string of the molecule is COc1ccc2c(/C=C/C3NC(=O)NC3=O)cccc2c1. The van der Waals surface area contributed by atoms with Crippen molar-refractivity contribution in [3.05, 3.63) is 48.0 Å². The number of urea groups is 1. The fourth-order valence-corrected chi connectivity index (χ4v) is 2.33. The van der Waals surface area contributed by atoms with Crippen LogP contribution in [0.5, 0.6) is 5.75 Å². The Morgan fingerprint density at radius 2 is 2.05 bits per heavy atom. The standard InChI is InChI=1S/C16H14N2O3/c1-21-12-6-7-13-10(3-2-4-11(13)9-12)5-8-14-15(19)18-16(20)17-14/h2-9,14H,1H3,(H2,17,18,19,20)/b8-5+. The van der Waals surface area contributed by atoms with Gasteiger partial charge in [0, 0.05) is 0 Å². The summed E-state index contributed by atoms with van der Waals surface area (Å²) in [4.78, 5) is 22.6. The fraction of sp³-hybridized carbons (Fsp3) is 0.125. The number of amides is 3. The summed E-state index contributed by atoms with van der Waals surface area (Å²) in [5.74, 6) is 0.462. The molecule has 2 aromatic carbocycles. The maximum absolute atomic E-state index is 11.5. The molecule has 3 rings (SSSR count).